The summed E-state index contributed by atoms with van der Waals surface area (Å²) in [6.45, 7) is 4.65. The number of likely N-dealkylation sites (N-methyl/N-ethyl adjacent to an activating group) is 1. The first-order chi connectivity index (χ1) is 6.22. The van der Waals surface area contributed by atoms with Crippen molar-refractivity contribution in [3.63, 3.8) is 0 Å². The molecule has 0 heterocycles. The summed E-state index contributed by atoms with van der Waals surface area (Å²) in [5.74, 6) is 0.0908. The van der Waals surface area contributed by atoms with Crippen LogP contribution in [0.15, 0.2) is 24.3 Å². The maximum Gasteiger partial charge on any atom is 0.224 e. The van der Waals surface area contributed by atoms with Crippen molar-refractivity contribution in [2.24, 2.45) is 0 Å². The zero-order chi connectivity index (χ0) is 9.68. The monoisotopic (exact) mass is 177 g/mol. The Morgan fingerprint density at radius 3 is 2.85 bits per heavy atom. The van der Waals surface area contributed by atoms with Crippen LogP contribution in [0, 0.1) is 6.92 Å². The summed E-state index contributed by atoms with van der Waals surface area (Å²) in [5.41, 5.74) is 2.27. The fourth-order valence-electron chi connectivity index (χ4n) is 1.27. The van der Waals surface area contributed by atoms with Gasteiger partial charge in [0.2, 0.25) is 5.91 Å². The number of rotatable bonds is 3. The third-order valence-electron chi connectivity index (χ3n) is 1.82. The van der Waals surface area contributed by atoms with E-state index < -0.39 is 0 Å². The van der Waals surface area contributed by atoms with Crippen molar-refractivity contribution in [1.29, 1.82) is 0 Å². The second kappa shape index (κ2) is 4.65. The molecule has 0 fully saturated rings. The largest absolute Gasteiger partial charge is 0.356 e. The molecule has 0 aromatic heterocycles. The average Bonchev–Trinajstić information content (AvgIpc) is 2.04. The summed E-state index contributed by atoms with van der Waals surface area (Å²) >= 11 is 0. The fourth-order valence-corrected chi connectivity index (χ4v) is 1.27. The van der Waals surface area contributed by atoms with Crippen LogP contribution in [0.1, 0.15) is 18.1 Å². The minimum Gasteiger partial charge on any atom is -0.356 e. The first-order valence-corrected chi connectivity index (χ1v) is 4.54. The summed E-state index contributed by atoms with van der Waals surface area (Å²) in [7, 11) is 0. The van der Waals surface area contributed by atoms with Gasteiger partial charge in [0, 0.05) is 6.54 Å². The molecule has 0 aliphatic heterocycles. The van der Waals surface area contributed by atoms with E-state index in [0.29, 0.717) is 13.0 Å². The zero-order valence-electron chi connectivity index (χ0n) is 8.13. The lowest BCUT2D eigenvalue weighted by atomic mass is 10.1. The first kappa shape index (κ1) is 9.78. The lowest BCUT2D eigenvalue weighted by Gasteiger charge is -2.02. The Labute approximate surface area is 79.0 Å². The predicted molar refractivity (Wildman–Crippen MR) is 53.6 cm³/mol. The molecule has 1 rings (SSSR count). The maximum atomic E-state index is 11.2. The lowest BCUT2D eigenvalue weighted by molar-refractivity contribution is -0.120. The van der Waals surface area contributed by atoms with Crippen LogP contribution in [0.5, 0.6) is 0 Å². The first-order valence-electron chi connectivity index (χ1n) is 4.54. The number of amides is 1. The Balaban J connectivity index is 2.58. The van der Waals surface area contributed by atoms with Gasteiger partial charge in [0.15, 0.2) is 0 Å². The SMILES string of the molecule is CCNC(=O)Cc1cccc(C)c1. The highest BCUT2D eigenvalue weighted by molar-refractivity contribution is 5.78. The van der Waals surface area contributed by atoms with E-state index in [4.69, 9.17) is 0 Å². The molecule has 1 aromatic rings. The van der Waals surface area contributed by atoms with Gasteiger partial charge in [-0.15, -0.1) is 0 Å². The molecule has 0 aliphatic rings. The van der Waals surface area contributed by atoms with E-state index in [1.807, 2.05) is 38.1 Å². The Morgan fingerprint density at radius 1 is 1.46 bits per heavy atom. The molecule has 1 N–H and O–H groups in total. The number of nitrogens with one attached hydrogen (secondary N) is 1. The van der Waals surface area contributed by atoms with Crippen LogP contribution in [-0.2, 0) is 11.2 Å². The third-order valence-corrected chi connectivity index (χ3v) is 1.82. The number of benzene rings is 1. The summed E-state index contributed by atoms with van der Waals surface area (Å²) in [5, 5.41) is 2.77. The number of hydrogen-bond acceptors (Lipinski definition) is 1. The van der Waals surface area contributed by atoms with E-state index in [1.54, 1.807) is 0 Å². The number of carbonyl (C=O) groups is 1. The van der Waals surface area contributed by atoms with Crippen LogP contribution < -0.4 is 5.32 Å². The number of aryl methyl sites for hydroxylation is 1. The molecular formula is C11H15NO. The van der Waals surface area contributed by atoms with Crippen molar-refractivity contribution < 1.29 is 4.79 Å². The van der Waals surface area contributed by atoms with Gasteiger partial charge in [-0.05, 0) is 19.4 Å². The van der Waals surface area contributed by atoms with Gasteiger partial charge in [-0.1, -0.05) is 29.8 Å². The summed E-state index contributed by atoms with van der Waals surface area (Å²) in [4.78, 5) is 11.2. The van der Waals surface area contributed by atoms with E-state index in [0.717, 1.165) is 5.56 Å². The second-order valence-electron chi connectivity index (χ2n) is 3.12. The van der Waals surface area contributed by atoms with Gasteiger partial charge in [-0.2, -0.15) is 0 Å². The Kier molecular flexibility index (Phi) is 3.50. The molecule has 1 aromatic carbocycles. The van der Waals surface area contributed by atoms with E-state index in [2.05, 4.69) is 5.32 Å². The second-order valence-corrected chi connectivity index (χ2v) is 3.12. The molecule has 13 heavy (non-hydrogen) atoms. The van der Waals surface area contributed by atoms with Crippen molar-refractivity contribution >= 4 is 5.91 Å². The third kappa shape index (κ3) is 3.28. The van der Waals surface area contributed by atoms with Crippen molar-refractivity contribution in [3.05, 3.63) is 35.4 Å². The van der Waals surface area contributed by atoms with Crippen molar-refractivity contribution in [1.82, 2.24) is 5.32 Å². The van der Waals surface area contributed by atoms with Crippen LogP contribution in [0.4, 0.5) is 0 Å². The molecule has 0 unspecified atom stereocenters. The zero-order valence-corrected chi connectivity index (χ0v) is 8.13. The van der Waals surface area contributed by atoms with Crippen molar-refractivity contribution in [2.45, 2.75) is 20.3 Å². The molecule has 1 amide bonds. The molecule has 70 valence electrons. The van der Waals surface area contributed by atoms with Gasteiger partial charge < -0.3 is 5.32 Å². The quantitative estimate of drug-likeness (QED) is 0.747. The van der Waals surface area contributed by atoms with Crippen molar-refractivity contribution in [2.75, 3.05) is 6.54 Å². The van der Waals surface area contributed by atoms with Crippen LogP contribution in [0.25, 0.3) is 0 Å². The maximum absolute atomic E-state index is 11.2. The molecule has 0 saturated carbocycles. The van der Waals surface area contributed by atoms with Crippen LogP contribution in [0.3, 0.4) is 0 Å². The van der Waals surface area contributed by atoms with Gasteiger partial charge in [0.25, 0.3) is 0 Å². The average molecular weight is 177 g/mol. The summed E-state index contributed by atoms with van der Waals surface area (Å²) < 4.78 is 0. The molecule has 0 aliphatic carbocycles. The fraction of sp³-hybridized carbons (Fsp3) is 0.364. The summed E-state index contributed by atoms with van der Waals surface area (Å²) in [6.07, 6.45) is 0.482. The van der Waals surface area contributed by atoms with Gasteiger partial charge >= 0.3 is 0 Å². The molecule has 0 saturated heterocycles. The van der Waals surface area contributed by atoms with Crippen LogP contribution >= 0.6 is 0 Å². The minimum absolute atomic E-state index is 0.0908. The standard InChI is InChI=1S/C11H15NO/c1-3-12-11(13)8-10-6-4-5-9(2)7-10/h4-7H,3,8H2,1-2H3,(H,12,13). The van der Waals surface area contributed by atoms with Gasteiger partial charge in [0.05, 0.1) is 6.42 Å². The molecule has 0 radical (unpaired) electrons. The van der Waals surface area contributed by atoms with Crippen LogP contribution in [0.2, 0.25) is 0 Å². The van der Waals surface area contributed by atoms with Gasteiger partial charge in [-0.25, -0.2) is 0 Å². The van der Waals surface area contributed by atoms with Gasteiger partial charge in [0.1, 0.15) is 0 Å². The van der Waals surface area contributed by atoms with Crippen LogP contribution in [-0.4, -0.2) is 12.5 Å². The Morgan fingerprint density at radius 2 is 2.23 bits per heavy atom. The van der Waals surface area contributed by atoms with E-state index in [9.17, 15) is 4.79 Å². The highest BCUT2D eigenvalue weighted by atomic mass is 16.1. The van der Waals surface area contributed by atoms with E-state index in [1.165, 1.54) is 5.56 Å². The highest BCUT2D eigenvalue weighted by Crippen LogP contribution is 2.04. The van der Waals surface area contributed by atoms with Gasteiger partial charge in [-0.3, -0.25) is 4.79 Å². The normalized spacial score (nSPS) is 9.69. The highest BCUT2D eigenvalue weighted by Gasteiger charge is 2.00. The van der Waals surface area contributed by atoms with E-state index in [-0.39, 0.29) is 5.91 Å². The summed E-state index contributed by atoms with van der Waals surface area (Å²) in [6, 6.07) is 8.02. The molecule has 2 nitrogen and oxygen atoms in total. The number of hydrogen-bond donors (Lipinski definition) is 1. The molecule has 0 bridgehead atoms. The van der Waals surface area contributed by atoms with E-state index >= 15 is 0 Å². The molecule has 2 heteroatoms. The smallest absolute Gasteiger partial charge is 0.224 e. The lowest BCUT2D eigenvalue weighted by Crippen LogP contribution is -2.24. The molecule has 0 atom stereocenters. The molecule has 0 spiro atoms. The topological polar surface area (TPSA) is 29.1 Å². The molecular weight excluding hydrogens is 162 g/mol. The minimum atomic E-state index is 0.0908. The van der Waals surface area contributed by atoms with Crippen molar-refractivity contribution in [3.8, 4) is 0 Å². The Bertz CT molecular complexity index is 294. The Hall–Kier alpha value is -1.31. The number of carbonyl (C=O) groups excluding carboxylic acids is 1. The predicted octanol–water partition coefficient (Wildman–Crippen LogP) is 1.67.